The van der Waals surface area contributed by atoms with Crippen molar-refractivity contribution in [1.29, 1.82) is 0 Å². The molecule has 1 fully saturated rings. The molecular weight excluding hydrogens is 370 g/mol. The number of nitrogens with zero attached hydrogens (tertiary/aromatic N) is 3. The van der Waals surface area contributed by atoms with E-state index in [4.69, 9.17) is 4.74 Å². The lowest BCUT2D eigenvalue weighted by atomic mass is 9.93. The van der Waals surface area contributed by atoms with Crippen LogP contribution in [0.5, 0.6) is 5.75 Å². The van der Waals surface area contributed by atoms with Gasteiger partial charge in [-0.2, -0.15) is 0 Å². The van der Waals surface area contributed by atoms with Gasteiger partial charge in [0.1, 0.15) is 5.75 Å². The summed E-state index contributed by atoms with van der Waals surface area (Å²) in [6.45, 7) is 7.67. The number of carbonyl (C=O) groups is 1. The highest BCUT2D eigenvalue weighted by atomic mass is 16.5. The van der Waals surface area contributed by atoms with Gasteiger partial charge in [-0.1, -0.05) is 6.07 Å². The molecule has 0 radical (unpaired) electrons. The summed E-state index contributed by atoms with van der Waals surface area (Å²) >= 11 is 0. The fourth-order valence-electron chi connectivity index (χ4n) is 4.13. The van der Waals surface area contributed by atoms with Crippen LogP contribution in [-0.4, -0.2) is 45.2 Å². The maximum Gasteiger partial charge on any atom is 0.309 e. The van der Waals surface area contributed by atoms with E-state index in [1.54, 1.807) is 16.8 Å². The van der Waals surface area contributed by atoms with Crippen molar-refractivity contribution < 1.29 is 14.6 Å². The van der Waals surface area contributed by atoms with Crippen molar-refractivity contribution in [2.24, 2.45) is 5.92 Å². The fourth-order valence-corrected chi connectivity index (χ4v) is 4.13. The third kappa shape index (κ3) is 4.34. The van der Waals surface area contributed by atoms with E-state index >= 15 is 0 Å². The molecule has 1 N–H and O–H groups in total. The molecule has 7 nitrogen and oxygen atoms in total. The maximum atomic E-state index is 13.2. The molecule has 0 spiro atoms. The van der Waals surface area contributed by atoms with E-state index in [0.29, 0.717) is 50.3 Å². The number of ether oxygens (including phenoxy) is 1. The molecule has 0 saturated carbocycles. The number of rotatable bonds is 6. The number of aromatic nitrogens is 2. The number of esters is 1. The second kappa shape index (κ2) is 9.22. The molecule has 3 heterocycles. The molecule has 2 aromatic rings. The Labute approximate surface area is 171 Å². The van der Waals surface area contributed by atoms with Crippen molar-refractivity contribution in [2.45, 2.75) is 46.2 Å². The number of aryl methyl sites for hydroxylation is 1. The second-order valence-electron chi connectivity index (χ2n) is 7.35. The van der Waals surface area contributed by atoms with Crippen LogP contribution in [0.15, 0.2) is 35.3 Å². The summed E-state index contributed by atoms with van der Waals surface area (Å²) in [5.74, 6) is -0.303. The van der Waals surface area contributed by atoms with E-state index in [1.807, 2.05) is 39.0 Å². The summed E-state index contributed by atoms with van der Waals surface area (Å²) < 4.78 is 6.83. The number of hydrogen-bond donors (Lipinski definition) is 1. The molecule has 3 rings (SSSR count). The summed E-state index contributed by atoms with van der Waals surface area (Å²) in [4.78, 5) is 31.9. The Hall–Kier alpha value is -2.67. The van der Waals surface area contributed by atoms with Gasteiger partial charge in [-0.3, -0.25) is 19.5 Å². The van der Waals surface area contributed by atoms with E-state index in [-0.39, 0.29) is 23.2 Å². The van der Waals surface area contributed by atoms with Crippen LogP contribution in [0, 0.1) is 12.8 Å². The van der Waals surface area contributed by atoms with Crippen LogP contribution in [0.2, 0.25) is 0 Å². The normalized spacial score (nSPS) is 16.5. The van der Waals surface area contributed by atoms with Crippen LogP contribution < -0.4 is 5.56 Å². The molecule has 1 unspecified atom stereocenters. The topological polar surface area (TPSA) is 84.7 Å². The summed E-state index contributed by atoms with van der Waals surface area (Å²) in [6.07, 6.45) is 2.99. The van der Waals surface area contributed by atoms with E-state index < -0.39 is 6.04 Å². The van der Waals surface area contributed by atoms with Crippen molar-refractivity contribution in [1.82, 2.24) is 14.5 Å². The van der Waals surface area contributed by atoms with Gasteiger partial charge in [-0.05, 0) is 64.9 Å². The molecule has 156 valence electrons. The smallest absolute Gasteiger partial charge is 0.309 e. The zero-order chi connectivity index (χ0) is 21.0. The van der Waals surface area contributed by atoms with E-state index in [0.717, 1.165) is 5.69 Å². The first-order chi connectivity index (χ1) is 14.0. The number of aromatic hydroxyl groups is 1. The molecule has 0 amide bonds. The van der Waals surface area contributed by atoms with Gasteiger partial charge in [-0.25, -0.2) is 0 Å². The highest BCUT2D eigenvalue weighted by Gasteiger charge is 2.34. The van der Waals surface area contributed by atoms with Crippen molar-refractivity contribution in [2.75, 3.05) is 19.7 Å². The van der Waals surface area contributed by atoms with E-state index in [9.17, 15) is 14.7 Å². The van der Waals surface area contributed by atoms with Crippen LogP contribution in [0.3, 0.4) is 0 Å². The minimum atomic E-state index is -0.467. The molecule has 1 atom stereocenters. The lowest BCUT2D eigenvalue weighted by Crippen LogP contribution is -2.42. The standard InChI is InChI=1S/C22H29N3O4/c1-4-25-15(3)14-18(26)19(21(25)27)20(17-8-6-7-11-23-17)24-12-9-16(10-13-24)22(28)29-5-2/h6-8,11,14,16,20,26H,4-5,9-10,12-13H2,1-3H3. The number of piperidine rings is 1. The molecule has 0 aliphatic carbocycles. The van der Waals surface area contributed by atoms with E-state index in [1.165, 1.54) is 0 Å². The number of hydrogen-bond acceptors (Lipinski definition) is 6. The van der Waals surface area contributed by atoms with Crippen LogP contribution in [0.4, 0.5) is 0 Å². The first-order valence-corrected chi connectivity index (χ1v) is 10.2. The van der Waals surface area contributed by atoms with Crippen LogP contribution in [0.1, 0.15) is 49.7 Å². The highest BCUT2D eigenvalue weighted by molar-refractivity contribution is 5.72. The van der Waals surface area contributed by atoms with Gasteiger partial charge in [0.15, 0.2) is 0 Å². The quantitative estimate of drug-likeness (QED) is 0.752. The second-order valence-corrected chi connectivity index (χ2v) is 7.35. The Bertz CT molecular complexity index is 902. The van der Waals surface area contributed by atoms with Gasteiger partial charge in [0.25, 0.3) is 5.56 Å². The van der Waals surface area contributed by atoms with E-state index in [2.05, 4.69) is 9.88 Å². The number of pyridine rings is 2. The summed E-state index contributed by atoms with van der Waals surface area (Å²) in [5.41, 5.74) is 1.57. The fraction of sp³-hybridized carbons (Fsp3) is 0.500. The maximum absolute atomic E-state index is 13.2. The number of likely N-dealkylation sites (tertiary alicyclic amines) is 1. The predicted octanol–water partition coefficient (Wildman–Crippen LogP) is 2.64. The Morgan fingerprint density at radius 3 is 2.62 bits per heavy atom. The zero-order valence-electron chi connectivity index (χ0n) is 17.3. The Morgan fingerprint density at radius 1 is 1.31 bits per heavy atom. The lowest BCUT2D eigenvalue weighted by Gasteiger charge is -2.36. The van der Waals surface area contributed by atoms with Crippen LogP contribution >= 0.6 is 0 Å². The molecular formula is C22H29N3O4. The molecule has 7 heteroatoms. The highest BCUT2D eigenvalue weighted by Crippen LogP contribution is 2.34. The number of carbonyl (C=O) groups excluding carboxylic acids is 1. The van der Waals surface area contributed by atoms with Crippen molar-refractivity contribution in [3.63, 3.8) is 0 Å². The third-order valence-electron chi connectivity index (χ3n) is 5.60. The predicted molar refractivity (Wildman–Crippen MR) is 110 cm³/mol. The van der Waals surface area contributed by atoms with Crippen molar-refractivity contribution >= 4 is 5.97 Å². The molecule has 0 aromatic carbocycles. The average Bonchev–Trinajstić information content (AvgIpc) is 2.72. The van der Waals surface area contributed by atoms with Crippen LogP contribution in [0.25, 0.3) is 0 Å². The SMILES string of the molecule is CCOC(=O)C1CCN(C(c2ccccn2)c2c(O)cc(C)n(CC)c2=O)CC1. The van der Waals surface area contributed by atoms with Crippen LogP contribution in [-0.2, 0) is 16.1 Å². The van der Waals surface area contributed by atoms with Gasteiger partial charge >= 0.3 is 5.97 Å². The Morgan fingerprint density at radius 2 is 2.03 bits per heavy atom. The summed E-state index contributed by atoms with van der Waals surface area (Å²) in [7, 11) is 0. The molecule has 1 aliphatic heterocycles. The minimum absolute atomic E-state index is 0.0135. The first-order valence-electron chi connectivity index (χ1n) is 10.2. The van der Waals surface area contributed by atoms with Gasteiger partial charge in [0.05, 0.1) is 29.8 Å². The van der Waals surface area contributed by atoms with Gasteiger partial charge in [0, 0.05) is 18.4 Å². The van der Waals surface area contributed by atoms with Crippen molar-refractivity contribution in [3.8, 4) is 5.75 Å². The minimum Gasteiger partial charge on any atom is -0.507 e. The molecule has 29 heavy (non-hydrogen) atoms. The van der Waals surface area contributed by atoms with Gasteiger partial charge in [-0.15, -0.1) is 0 Å². The lowest BCUT2D eigenvalue weighted by molar-refractivity contribution is -0.149. The monoisotopic (exact) mass is 399 g/mol. The largest absolute Gasteiger partial charge is 0.507 e. The summed E-state index contributed by atoms with van der Waals surface area (Å²) in [5, 5.41) is 10.7. The molecule has 2 aromatic heterocycles. The molecule has 1 aliphatic rings. The summed E-state index contributed by atoms with van der Waals surface area (Å²) in [6, 6.07) is 6.75. The molecule has 1 saturated heterocycles. The molecule has 0 bridgehead atoms. The Kier molecular flexibility index (Phi) is 6.69. The van der Waals surface area contributed by atoms with Gasteiger partial charge in [0.2, 0.25) is 0 Å². The average molecular weight is 399 g/mol. The first kappa shape index (κ1) is 21.0. The van der Waals surface area contributed by atoms with Crippen molar-refractivity contribution in [3.05, 3.63) is 57.8 Å². The third-order valence-corrected chi connectivity index (χ3v) is 5.60. The Balaban J connectivity index is 1.99. The van der Waals surface area contributed by atoms with Gasteiger partial charge < -0.3 is 14.4 Å². The zero-order valence-corrected chi connectivity index (χ0v) is 17.3.